The third kappa shape index (κ3) is 4.03. The lowest BCUT2D eigenvalue weighted by Gasteiger charge is -2.37. The summed E-state index contributed by atoms with van der Waals surface area (Å²) in [6.07, 6.45) is 6.25. The number of quaternary nitrogens is 2. The summed E-state index contributed by atoms with van der Waals surface area (Å²) in [7, 11) is 0. The van der Waals surface area contributed by atoms with E-state index >= 15 is 0 Å². The van der Waals surface area contributed by atoms with E-state index in [4.69, 9.17) is 9.57 Å². The molecule has 4 aliphatic rings. The number of hydrogen-bond acceptors (Lipinski definition) is 5. The Labute approximate surface area is 151 Å². The molecule has 0 bridgehead atoms. The van der Waals surface area contributed by atoms with Gasteiger partial charge in [-0.3, -0.25) is 10.2 Å². The normalized spacial score (nSPS) is 43.8. The summed E-state index contributed by atoms with van der Waals surface area (Å²) in [4.78, 5) is 10.3. The minimum absolute atomic E-state index is 0.168. The van der Waals surface area contributed by atoms with Crippen LogP contribution < -0.4 is 21.0 Å². The predicted octanol–water partition coefficient (Wildman–Crippen LogP) is -2.15. The molecule has 0 radical (unpaired) electrons. The van der Waals surface area contributed by atoms with Crippen LogP contribution in [0.3, 0.4) is 0 Å². The van der Waals surface area contributed by atoms with E-state index in [0.29, 0.717) is 30.3 Å². The van der Waals surface area contributed by atoms with Crippen LogP contribution in [0.5, 0.6) is 0 Å². The second-order valence-electron chi connectivity index (χ2n) is 8.55. The second-order valence-corrected chi connectivity index (χ2v) is 8.55. The maximum atomic E-state index is 6.00. The van der Waals surface area contributed by atoms with Crippen molar-refractivity contribution in [2.75, 3.05) is 39.4 Å². The highest BCUT2D eigenvalue weighted by molar-refractivity contribution is 4.84. The molecule has 0 aliphatic carbocycles. The largest absolute Gasteiger partial charge is 0.379 e. The highest BCUT2D eigenvalue weighted by Crippen LogP contribution is 2.20. The average Bonchev–Trinajstić information content (AvgIpc) is 3.32. The van der Waals surface area contributed by atoms with Crippen LogP contribution in [0.15, 0.2) is 0 Å². The van der Waals surface area contributed by atoms with Crippen molar-refractivity contribution in [3.63, 3.8) is 0 Å². The molecule has 0 aromatic carbocycles. The molecule has 4 rings (SSSR count). The van der Waals surface area contributed by atoms with E-state index in [1.165, 1.54) is 38.8 Å². The Morgan fingerprint density at radius 1 is 1.16 bits per heavy atom. The molecular weight excluding hydrogens is 318 g/mol. The van der Waals surface area contributed by atoms with Crippen molar-refractivity contribution in [1.82, 2.24) is 15.7 Å². The van der Waals surface area contributed by atoms with Gasteiger partial charge in [0.05, 0.1) is 38.5 Å². The van der Waals surface area contributed by atoms with Gasteiger partial charge in [-0.1, -0.05) is 0 Å². The van der Waals surface area contributed by atoms with Crippen LogP contribution in [0.25, 0.3) is 0 Å². The first-order chi connectivity index (χ1) is 12.2. The van der Waals surface area contributed by atoms with E-state index in [9.17, 15) is 0 Å². The van der Waals surface area contributed by atoms with Crippen LogP contribution in [-0.2, 0) is 9.57 Å². The van der Waals surface area contributed by atoms with E-state index in [1.54, 1.807) is 4.90 Å². The molecule has 0 aromatic rings. The minimum atomic E-state index is 0.168. The standard InChI is InChI=1S/C18H35N5O2/c1-13(2)23-7-3-4-15(23)18-20-17(21-25-18)14-5-6-16(19-12-14)22-8-10-24-11-9-22/h13-21H,3-12H2,1-2H3/p+2/t14?,15-,16?,17?,18?/m0/s1. The molecule has 0 aromatic heterocycles. The smallest absolute Gasteiger partial charge is 0.183 e. The Balaban J connectivity index is 1.25. The van der Waals surface area contributed by atoms with E-state index < -0.39 is 0 Å². The SMILES string of the molecule is CC(C)[NH+]1CCC[C@H]1C1NC(C2CCC(N3CCOCC3)[NH2+]C2)NO1. The van der Waals surface area contributed by atoms with Crippen molar-refractivity contribution in [1.29, 1.82) is 0 Å². The zero-order valence-electron chi connectivity index (χ0n) is 15.9. The molecule has 0 amide bonds. The summed E-state index contributed by atoms with van der Waals surface area (Å²) >= 11 is 0. The molecule has 4 fully saturated rings. The van der Waals surface area contributed by atoms with E-state index in [0.717, 1.165) is 26.3 Å². The fourth-order valence-electron chi connectivity index (χ4n) is 5.28. The maximum Gasteiger partial charge on any atom is 0.183 e. The summed E-state index contributed by atoms with van der Waals surface area (Å²) in [5.41, 5.74) is 3.33. The molecule has 144 valence electrons. The van der Waals surface area contributed by atoms with Gasteiger partial charge in [0.2, 0.25) is 0 Å². The van der Waals surface area contributed by atoms with Gasteiger partial charge in [-0.25, -0.2) is 4.90 Å². The number of morpholine rings is 1. The maximum absolute atomic E-state index is 6.00. The van der Waals surface area contributed by atoms with E-state index in [-0.39, 0.29) is 6.23 Å². The van der Waals surface area contributed by atoms with Crippen molar-refractivity contribution >= 4 is 0 Å². The fraction of sp³-hybridized carbons (Fsp3) is 1.00. The Hall–Kier alpha value is -0.280. The number of hydroxylamine groups is 1. The van der Waals surface area contributed by atoms with Crippen molar-refractivity contribution in [3.05, 3.63) is 0 Å². The highest BCUT2D eigenvalue weighted by atomic mass is 16.7. The molecule has 6 atom stereocenters. The summed E-state index contributed by atoms with van der Waals surface area (Å²) in [6.45, 7) is 11.1. The zero-order valence-corrected chi connectivity index (χ0v) is 15.9. The third-order valence-electron chi connectivity index (χ3n) is 6.76. The summed E-state index contributed by atoms with van der Waals surface area (Å²) < 4.78 is 5.48. The monoisotopic (exact) mass is 355 g/mol. The summed E-state index contributed by atoms with van der Waals surface area (Å²) in [5, 5.41) is 6.31. The van der Waals surface area contributed by atoms with Crippen molar-refractivity contribution < 1.29 is 19.8 Å². The first kappa shape index (κ1) is 18.1. The van der Waals surface area contributed by atoms with Crippen molar-refractivity contribution in [3.8, 4) is 0 Å². The summed E-state index contributed by atoms with van der Waals surface area (Å²) in [6, 6.07) is 1.26. The molecule has 5 N–H and O–H groups in total. The minimum Gasteiger partial charge on any atom is -0.379 e. The van der Waals surface area contributed by atoms with Gasteiger partial charge in [-0.05, 0) is 20.3 Å². The topological polar surface area (TPSA) is 66.8 Å². The van der Waals surface area contributed by atoms with Crippen LogP contribution in [-0.4, -0.2) is 74.9 Å². The average molecular weight is 356 g/mol. The molecule has 4 heterocycles. The Morgan fingerprint density at radius 3 is 2.72 bits per heavy atom. The predicted molar refractivity (Wildman–Crippen MR) is 94.6 cm³/mol. The fourth-order valence-corrected chi connectivity index (χ4v) is 5.28. The van der Waals surface area contributed by atoms with Gasteiger partial charge in [-0.2, -0.15) is 5.48 Å². The molecule has 4 saturated heterocycles. The number of nitrogens with two attached hydrogens (primary N) is 1. The Kier molecular flexibility index (Phi) is 5.91. The van der Waals surface area contributed by atoms with Crippen molar-refractivity contribution in [2.24, 2.45) is 5.92 Å². The molecular formula is C18H37N5O2+2. The van der Waals surface area contributed by atoms with Gasteiger partial charge >= 0.3 is 0 Å². The number of rotatable bonds is 4. The van der Waals surface area contributed by atoms with Gasteiger partial charge in [0.1, 0.15) is 12.2 Å². The number of nitrogens with one attached hydrogen (secondary N) is 3. The molecule has 7 heteroatoms. The zero-order chi connectivity index (χ0) is 17.2. The first-order valence-corrected chi connectivity index (χ1v) is 10.4. The van der Waals surface area contributed by atoms with Crippen LogP contribution in [0.4, 0.5) is 0 Å². The number of nitrogens with zero attached hydrogens (tertiary/aromatic N) is 1. The molecule has 5 unspecified atom stereocenters. The lowest BCUT2D eigenvalue weighted by Crippen LogP contribution is -3.18. The first-order valence-electron chi connectivity index (χ1n) is 10.4. The number of hydrogen-bond donors (Lipinski definition) is 4. The Bertz CT molecular complexity index is 424. The lowest BCUT2D eigenvalue weighted by molar-refractivity contribution is -0.937. The van der Waals surface area contributed by atoms with Crippen LogP contribution in [0.1, 0.15) is 39.5 Å². The lowest BCUT2D eigenvalue weighted by atomic mass is 9.94. The molecule has 0 saturated carbocycles. The molecule has 7 nitrogen and oxygen atoms in total. The van der Waals surface area contributed by atoms with Gasteiger partial charge in [-0.15, -0.1) is 0 Å². The molecule has 0 spiro atoms. The summed E-state index contributed by atoms with van der Waals surface area (Å²) in [5.74, 6) is 0.645. The highest BCUT2D eigenvalue weighted by Gasteiger charge is 2.44. The quantitative estimate of drug-likeness (QED) is 0.463. The van der Waals surface area contributed by atoms with Gasteiger partial charge in [0.25, 0.3) is 0 Å². The van der Waals surface area contributed by atoms with Crippen LogP contribution in [0, 0.1) is 5.92 Å². The van der Waals surface area contributed by atoms with Gasteiger partial charge in [0.15, 0.2) is 6.23 Å². The molecule has 25 heavy (non-hydrogen) atoms. The van der Waals surface area contributed by atoms with Gasteiger partial charge in [0, 0.05) is 38.3 Å². The molecule has 4 aliphatic heterocycles. The second kappa shape index (κ2) is 8.17. The van der Waals surface area contributed by atoms with Crippen molar-refractivity contribution in [2.45, 2.75) is 70.2 Å². The number of ether oxygens (including phenoxy) is 1. The van der Waals surface area contributed by atoms with Crippen LogP contribution >= 0.6 is 0 Å². The van der Waals surface area contributed by atoms with E-state index in [2.05, 4.69) is 34.9 Å². The van der Waals surface area contributed by atoms with Crippen LogP contribution in [0.2, 0.25) is 0 Å². The third-order valence-corrected chi connectivity index (χ3v) is 6.76. The van der Waals surface area contributed by atoms with Gasteiger partial charge < -0.3 is 15.0 Å². The van der Waals surface area contributed by atoms with E-state index in [1.807, 2.05) is 0 Å². The number of likely N-dealkylation sites (tertiary alicyclic amines) is 1. The number of piperidine rings is 1. The Morgan fingerprint density at radius 2 is 2.00 bits per heavy atom.